The third kappa shape index (κ3) is 2.87. The first-order valence-corrected chi connectivity index (χ1v) is 9.00. The van der Waals surface area contributed by atoms with Crippen molar-refractivity contribution < 1.29 is 9.52 Å². The van der Waals surface area contributed by atoms with Gasteiger partial charge in [-0.05, 0) is 37.3 Å². The Bertz CT molecular complexity index is 687. The molecule has 1 aliphatic carbocycles. The fourth-order valence-electron chi connectivity index (χ4n) is 4.49. The maximum Gasteiger partial charge on any atom is 0.247 e. The molecule has 0 amide bonds. The molecule has 0 unspecified atom stereocenters. The fraction of sp³-hybridized carbons (Fsp3) is 0.579. The average molecular weight is 327 g/mol. The van der Waals surface area contributed by atoms with Gasteiger partial charge in [-0.1, -0.05) is 31.5 Å². The fourth-order valence-corrected chi connectivity index (χ4v) is 4.49. The van der Waals surface area contributed by atoms with E-state index in [0.717, 1.165) is 37.9 Å². The van der Waals surface area contributed by atoms with E-state index in [1.54, 1.807) is 0 Å². The van der Waals surface area contributed by atoms with E-state index in [1.807, 2.05) is 30.3 Å². The first kappa shape index (κ1) is 15.8. The minimum absolute atomic E-state index is 0.382. The Morgan fingerprint density at radius 3 is 2.88 bits per heavy atom. The molecule has 0 radical (unpaired) electrons. The summed E-state index contributed by atoms with van der Waals surface area (Å²) in [6.45, 7) is 4.73. The predicted octanol–water partition coefficient (Wildman–Crippen LogP) is 3.11. The van der Waals surface area contributed by atoms with Crippen LogP contribution in [0.4, 0.5) is 0 Å². The topological polar surface area (TPSA) is 62.4 Å². The van der Waals surface area contributed by atoms with Gasteiger partial charge in [0, 0.05) is 24.6 Å². The van der Waals surface area contributed by atoms with Crippen LogP contribution < -0.4 is 0 Å². The Balaban J connectivity index is 1.45. The summed E-state index contributed by atoms with van der Waals surface area (Å²) in [5, 5.41) is 19.3. The minimum Gasteiger partial charge on any atom is -0.419 e. The third-order valence-corrected chi connectivity index (χ3v) is 5.85. The quantitative estimate of drug-likeness (QED) is 0.935. The molecule has 4 rings (SSSR count). The van der Waals surface area contributed by atoms with Crippen LogP contribution in [0.3, 0.4) is 0 Å². The molecule has 5 nitrogen and oxygen atoms in total. The zero-order valence-corrected chi connectivity index (χ0v) is 14.2. The molecule has 2 heterocycles. The molecule has 0 bridgehead atoms. The SMILES string of the molecule is CC[C@]1(O)CCC[C@H]2CN(Cc3nnc(-c4ccccc4)o3)C[C@H]21. The van der Waals surface area contributed by atoms with Gasteiger partial charge < -0.3 is 9.52 Å². The van der Waals surface area contributed by atoms with Gasteiger partial charge in [0.15, 0.2) is 0 Å². The molecule has 128 valence electrons. The number of benzene rings is 1. The van der Waals surface area contributed by atoms with Crippen LogP contribution in [0.1, 0.15) is 38.5 Å². The van der Waals surface area contributed by atoms with E-state index in [4.69, 9.17) is 4.42 Å². The van der Waals surface area contributed by atoms with Gasteiger partial charge in [0.2, 0.25) is 11.8 Å². The van der Waals surface area contributed by atoms with Gasteiger partial charge in [-0.2, -0.15) is 0 Å². The molecule has 1 N–H and O–H groups in total. The summed E-state index contributed by atoms with van der Waals surface area (Å²) in [7, 11) is 0. The molecule has 0 spiro atoms. The van der Waals surface area contributed by atoms with Crippen molar-refractivity contribution in [3.8, 4) is 11.5 Å². The number of aromatic nitrogens is 2. The molecular weight excluding hydrogens is 302 g/mol. The van der Waals surface area contributed by atoms with Crippen molar-refractivity contribution in [2.75, 3.05) is 13.1 Å². The minimum atomic E-state index is -0.484. The van der Waals surface area contributed by atoms with Crippen LogP contribution in [-0.2, 0) is 6.54 Å². The highest BCUT2D eigenvalue weighted by atomic mass is 16.4. The van der Waals surface area contributed by atoms with Crippen molar-refractivity contribution in [2.45, 2.75) is 44.8 Å². The number of rotatable bonds is 4. The van der Waals surface area contributed by atoms with E-state index in [2.05, 4.69) is 22.0 Å². The zero-order chi connectivity index (χ0) is 16.6. The molecule has 3 atom stereocenters. The second-order valence-corrected chi connectivity index (χ2v) is 7.28. The highest BCUT2D eigenvalue weighted by Gasteiger charge is 2.47. The lowest BCUT2D eigenvalue weighted by Crippen LogP contribution is -2.44. The highest BCUT2D eigenvalue weighted by molar-refractivity contribution is 5.51. The van der Waals surface area contributed by atoms with Crippen LogP contribution in [0, 0.1) is 11.8 Å². The van der Waals surface area contributed by atoms with Crippen LogP contribution in [0.15, 0.2) is 34.7 Å². The van der Waals surface area contributed by atoms with E-state index < -0.39 is 5.60 Å². The first-order valence-electron chi connectivity index (χ1n) is 9.00. The molecule has 1 aliphatic heterocycles. The van der Waals surface area contributed by atoms with Crippen LogP contribution in [-0.4, -0.2) is 38.9 Å². The summed E-state index contributed by atoms with van der Waals surface area (Å²) < 4.78 is 5.84. The second kappa shape index (κ2) is 6.30. The molecule has 5 heteroatoms. The Labute approximate surface area is 142 Å². The number of nitrogens with zero attached hydrogens (tertiary/aromatic N) is 3. The molecular formula is C19H25N3O2. The van der Waals surface area contributed by atoms with Crippen molar-refractivity contribution in [3.63, 3.8) is 0 Å². The van der Waals surface area contributed by atoms with E-state index in [9.17, 15) is 5.11 Å². The number of aliphatic hydroxyl groups is 1. The van der Waals surface area contributed by atoms with Crippen molar-refractivity contribution in [1.82, 2.24) is 15.1 Å². The summed E-state index contributed by atoms with van der Waals surface area (Å²) >= 11 is 0. The van der Waals surface area contributed by atoms with Gasteiger partial charge >= 0.3 is 0 Å². The van der Waals surface area contributed by atoms with Gasteiger partial charge in [-0.3, -0.25) is 4.90 Å². The van der Waals surface area contributed by atoms with Gasteiger partial charge in [0.05, 0.1) is 12.1 Å². The van der Waals surface area contributed by atoms with E-state index in [1.165, 1.54) is 6.42 Å². The van der Waals surface area contributed by atoms with Crippen molar-refractivity contribution >= 4 is 0 Å². The Morgan fingerprint density at radius 1 is 1.25 bits per heavy atom. The number of likely N-dealkylation sites (tertiary alicyclic amines) is 1. The summed E-state index contributed by atoms with van der Waals surface area (Å²) in [6, 6.07) is 9.86. The van der Waals surface area contributed by atoms with Crippen molar-refractivity contribution in [1.29, 1.82) is 0 Å². The Kier molecular flexibility index (Phi) is 4.14. The van der Waals surface area contributed by atoms with E-state index >= 15 is 0 Å². The Hall–Kier alpha value is -1.72. The molecule has 1 saturated heterocycles. The molecule has 2 aliphatic rings. The normalized spacial score (nSPS) is 30.4. The zero-order valence-electron chi connectivity index (χ0n) is 14.2. The van der Waals surface area contributed by atoms with Gasteiger partial charge in [-0.25, -0.2) is 0 Å². The standard InChI is InChI=1S/C19H25N3O2/c1-2-19(23)10-6-9-15-11-22(12-16(15)19)13-17-20-21-18(24-17)14-7-4-3-5-8-14/h3-5,7-8,15-16,23H,2,6,9-13H2,1H3/t15-,16+,19-/m0/s1. The van der Waals surface area contributed by atoms with Crippen LogP contribution in [0.5, 0.6) is 0 Å². The van der Waals surface area contributed by atoms with Gasteiger partial charge in [0.25, 0.3) is 0 Å². The van der Waals surface area contributed by atoms with Gasteiger partial charge in [-0.15, -0.1) is 10.2 Å². The average Bonchev–Trinajstić information content (AvgIpc) is 3.24. The number of fused-ring (bicyclic) bond motifs is 1. The van der Waals surface area contributed by atoms with Crippen molar-refractivity contribution in [3.05, 3.63) is 36.2 Å². The molecule has 1 aromatic heterocycles. The second-order valence-electron chi connectivity index (χ2n) is 7.28. The lowest BCUT2D eigenvalue weighted by Gasteiger charge is -2.40. The molecule has 1 saturated carbocycles. The Morgan fingerprint density at radius 2 is 2.08 bits per heavy atom. The maximum absolute atomic E-state index is 10.9. The molecule has 24 heavy (non-hydrogen) atoms. The van der Waals surface area contributed by atoms with Gasteiger partial charge in [0.1, 0.15) is 0 Å². The molecule has 2 aromatic rings. The summed E-state index contributed by atoms with van der Waals surface area (Å²) in [5.41, 5.74) is 0.466. The smallest absolute Gasteiger partial charge is 0.247 e. The molecule has 2 fully saturated rings. The van der Waals surface area contributed by atoms with Crippen LogP contribution in [0.25, 0.3) is 11.5 Å². The lowest BCUT2D eigenvalue weighted by molar-refractivity contribution is -0.0614. The predicted molar refractivity (Wildman–Crippen MR) is 91.1 cm³/mol. The third-order valence-electron chi connectivity index (χ3n) is 5.85. The van der Waals surface area contributed by atoms with E-state index in [0.29, 0.717) is 30.2 Å². The lowest BCUT2D eigenvalue weighted by atomic mass is 9.69. The summed E-state index contributed by atoms with van der Waals surface area (Å²) in [5.74, 6) is 2.22. The highest BCUT2D eigenvalue weighted by Crippen LogP contribution is 2.44. The monoisotopic (exact) mass is 327 g/mol. The largest absolute Gasteiger partial charge is 0.419 e. The first-order chi connectivity index (χ1) is 11.7. The number of hydrogen-bond donors (Lipinski definition) is 1. The summed E-state index contributed by atoms with van der Waals surface area (Å²) in [4.78, 5) is 2.36. The van der Waals surface area contributed by atoms with Crippen LogP contribution in [0.2, 0.25) is 0 Å². The summed E-state index contributed by atoms with van der Waals surface area (Å²) in [6.07, 6.45) is 4.15. The van der Waals surface area contributed by atoms with Crippen molar-refractivity contribution in [2.24, 2.45) is 11.8 Å². The van der Waals surface area contributed by atoms with E-state index in [-0.39, 0.29) is 0 Å². The maximum atomic E-state index is 10.9. The molecule has 1 aromatic carbocycles. The number of hydrogen-bond acceptors (Lipinski definition) is 5. The van der Waals surface area contributed by atoms with Crippen LogP contribution >= 0.6 is 0 Å².